The molecule has 0 radical (unpaired) electrons. The topological polar surface area (TPSA) is 0 Å². The summed E-state index contributed by atoms with van der Waals surface area (Å²) in [5.74, 6) is 0. The van der Waals surface area contributed by atoms with E-state index >= 15 is 0 Å². The summed E-state index contributed by atoms with van der Waals surface area (Å²) in [5, 5.41) is 0. The van der Waals surface area contributed by atoms with Crippen molar-refractivity contribution in [3.63, 3.8) is 0 Å². The second-order valence-corrected chi connectivity index (χ2v) is 66.5. The fourth-order valence-electron chi connectivity index (χ4n) is 9.75. The van der Waals surface area contributed by atoms with Crippen molar-refractivity contribution in [3.05, 3.63) is 144 Å². The van der Waals surface area contributed by atoms with Gasteiger partial charge in [-0.3, -0.25) is 0 Å². The molecule has 4 aromatic carbocycles. The Kier molecular flexibility index (Phi) is 6.68. The Hall–Kier alpha value is -2.30. The van der Waals surface area contributed by atoms with Gasteiger partial charge in [0.05, 0.1) is 15.2 Å². The van der Waals surface area contributed by atoms with Crippen LogP contribution in [0.5, 0.6) is 0 Å². The molecule has 6 rings (SSSR count). The Morgan fingerprint density at radius 3 is 1.43 bits per heavy atom. The van der Waals surface area contributed by atoms with E-state index in [9.17, 15) is 1.37 Å². The molecule has 0 N–H and O–H groups in total. The number of benzene rings is 4. The number of fused-ring (bicyclic) bond motifs is 1. The maximum atomic E-state index is 11.5. The molecule has 3 unspecified atom stereocenters. The lowest BCUT2D eigenvalue weighted by Gasteiger charge is -2.75. The van der Waals surface area contributed by atoms with E-state index in [2.05, 4.69) is 180 Å². The maximum absolute atomic E-state index is 11.5. The Labute approximate surface area is 260 Å². The molecule has 216 valence electrons. The third-order valence-corrected chi connectivity index (χ3v) is 112. The van der Waals surface area contributed by atoms with Crippen molar-refractivity contribution in [3.8, 4) is 0 Å². The summed E-state index contributed by atoms with van der Waals surface area (Å²) < 4.78 is 11.4. The lowest BCUT2D eigenvalue weighted by atomic mass is 9.86. The quantitative estimate of drug-likeness (QED) is 0.196. The molecular weight excluding hydrogens is 585 g/mol. The molecule has 1 fully saturated rings. The van der Waals surface area contributed by atoms with E-state index in [-0.39, 0.29) is 4.66 Å². The van der Waals surface area contributed by atoms with Crippen molar-refractivity contribution < 1.29 is 1.37 Å². The third-order valence-electron chi connectivity index (χ3n) is 13.4. The van der Waals surface area contributed by atoms with E-state index in [0.717, 1.165) is 0 Å². The van der Waals surface area contributed by atoms with Crippen molar-refractivity contribution in [2.75, 3.05) is 0 Å². The van der Waals surface area contributed by atoms with Crippen molar-refractivity contribution >= 4 is 47.7 Å². The first kappa shape index (κ1) is 28.5. The van der Waals surface area contributed by atoms with Crippen LogP contribution in [0.25, 0.3) is 11.1 Å². The standard InChI is InChI=1S/C37H48Si5/c1-38(2)37(33-28-20-13-21-29-33)35(31-24-16-11-17-25-31)34(30-22-14-10-15-23-30)36(32-26-18-12-19-27-32)42(37,9)41(7,8)40(5,6)39(38,3)4/h10-29,36H,1-9H3/i36D. The zero-order valence-corrected chi connectivity index (χ0v) is 32.0. The highest BCUT2D eigenvalue weighted by Gasteiger charge is 2.84. The molecule has 0 spiro atoms. The molecule has 0 nitrogen and oxygen atoms in total. The molecule has 42 heavy (non-hydrogen) atoms. The highest BCUT2D eigenvalue weighted by molar-refractivity contribution is 7.96. The Morgan fingerprint density at radius 2 is 0.929 bits per heavy atom. The predicted octanol–water partition coefficient (Wildman–Crippen LogP) is 10.2. The lowest BCUT2D eigenvalue weighted by molar-refractivity contribution is 1.00. The van der Waals surface area contributed by atoms with Crippen LogP contribution >= 0.6 is 0 Å². The SMILES string of the molecule is [2H]C1(c2ccccc2)C(c2ccccc2)=C(c2ccccc2)C2(c3ccccc3)[Si](C)(C)[Si](C)(C)[Si](C)(C)[Si](C)(C)[Si]12C. The van der Waals surface area contributed by atoms with E-state index in [1.807, 2.05) is 0 Å². The number of rotatable bonds is 4. The van der Waals surface area contributed by atoms with Gasteiger partial charge in [-0.05, 0) is 33.4 Å². The summed E-state index contributed by atoms with van der Waals surface area (Å²) in [7, 11) is -10.4. The van der Waals surface area contributed by atoms with Crippen LogP contribution in [0.3, 0.4) is 0 Å². The Morgan fingerprint density at radius 1 is 0.500 bits per heavy atom. The molecule has 1 saturated heterocycles. The fraction of sp³-hybridized carbons (Fsp3) is 0.297. The van der Waals surface area contributed by atoms with Crippen LogP contribution in [-0.2, 0) is 4.66 Å². The number of hydrogen-bond acceptors (Lipinski definition) is 0. The first-order valence-corrected chi connectivity index (χ1v) is 34.1. The first-order chi connectivity index (χ1) is 20.2. The molecule has 0 saturated carbocycles. The number of hydrogen-bond donors (Lipinski definition) is 0. The van der Waals surface area contributed by atoms with Gasteiger partial charge in [-0.1, -0.05) is 180 Å². The van der Waals surface area contributed by atoms with Gasteiger partial charge in [0, 0.05) is 32.9 Å². The van der Waals surface area contributed by atoms with E-state index in [0.29, 0.717) is 0 Å². The third kappa shape index (κ3) is 3.43. The van der Waals surface area contributed by atoms with Crippen molar-refractivity contribution in [2.24, 2.45) is 0 Å². The summed E-state index contributed by atoms with van der Waals surface area (Å²) in [6.07, 6.45) is 0. The Bertz CT molecular complexity index is 1680. The minimum Gasteiger partial charge on any atom is -0.0735 e. The normalized spacial score (nSPS) is 30.8. The van der Waals surface area contributed by atoms with E-state index in [1.165, 1.54) is 33.4 Å². The van der Waals surface area contributed by atoms with Crippen LogP contribution in [0, 0.1) is 0 Å². The second-order valence-electron chi connectivity index (χ2n) is 15.0. The molecule has 5 heteroatoms. The summed E-state index contributed by atoms with van der Waals surface area (Å²) in [5.41, 5.74) is 7.35. The summed E-state index contributed by atoms with van der Waals surface area (Å²) in [4.78, 5) is 0. The maximum Gasteiger partial charge on any atom is 0.0678 e. The van der Waals surface area contributed by atoms with Gasteiger partial charge in [-0.15, -0.1) is 0 Å². The van der Waals surface area contributed by atoms with Gasteiger partial charge in [0.1, 0.15) is 0 Å². The largest absolute Gasteiger partial charge is 0.0735 e. The smallest absolute Gasteiger partial charge is 0.0678 e. The van der Waals surface area contributed by atoms with Gasteiger partial charge >= 0.3 is 0 Å². The average molecular weight is 634 g/mol. The van der Waals surface area contributed by atoms with Crippen LogP contribution in [-0.4, -0.2) is 36.5 Å². The van der Waals surface area contributed by atoms with Gasteiger partial charge in [-0.25, -0.2) is 0 Å². The predicted molar refractivity (Wildman–Crippen MR) is 199 cm³/mol. The molecule has 2 heterocycles. The fourth-order valence-corrected chi connectivity index (χ4v) is 144. The van der Waals surface area contributed by atoms with Gasteiger partial charge in [0.15, 0.2) is 0 Å². The zero-order chi connectivity index (χ0) is 31.1. The monoisotopic (exact) mass is 633 g/mol. The summed E-state index contributed by atoms with van der Waals surface area (Å²) in [6, 6.07) is 45.4. The van der Waals surface area contributed by atoms with Crippen LogP contribution in [0.1, 0.15) is 29.1 Å². The summed E-state index contributed by atoms with van der Waals surface area (Å²) >= 11 is 0. The van der Waals surface area contributed by atoms with Crippen LogP contribution in [0.2, 0.25) is 58.9 Å². The molecule has 0 aliphatic carbocycles. The summed E-state index contributed by atoms with van der Waals surface area (Å²) in [6.45, 7) is 25.2. The van der Waals surface area contributed by atoms with E-state index < -0.39 is 42.0 Å². The van der Waals surface area contributed by atoms with Crippen molar-refractivity contribution in [1.29, 1.82) is 0 Å². The zero-order valence-electron chi connectivity index (χ0n) is 28.0. The molecule has 0 bridgehead atoms. The van der Waals surface area contributed by atoms with Gasteiger partial charge in [0.2, 0.25) is 0 Å². The van der Waals surface area contributed by atoms with Crippen LogP contribution in [0.4, 0.5) is 0 Å². The number of allylic oxidation sites excluding steroid dienone is 2. The average Bonchev–Trinajstić information content (AvgIpc) is 3.21. The highest BCUT2D eigenvalue weighted by atomic mass is 30.0. The first-order valence-electron chi connectivity index (χ1n) is 16.1. The van der Waals surface area contributed by atoms with Gasteiger partial charge in [0.25, 0.3) is 0 Å². The second kappa shape index (κ2) is 9.86. The Balaban J connectivity index is 1.99. The molecule has 2 aliphatic rings. The molecular formula is C37H48Si5. The molecule has 0 amide bonds. The van der Waals surface area contributed by atoms with Crippen LogP contribution in [0.15, 0.2) is 121 Å². The molecule has 2 aliphatic heterocycles. The van der Waals surface area contributed by atoms with Crippen molar-refractivity contribution in [1.82, 2.24) is 0 Å². The lowest BCUT2D eigenvalue weighted by Crippen LogP contribution is -2.99. The highest BCUT2D eigenvalue weighted by Crippen LogP contribution is 2.72. The molecule has 3 atom stereocenters. The molecule has 4 aromatic rings. The van der Waals surface area contributed by atoms with Crippen molar-refractivity contribution in [2.45, 2.75) is 69.1 Å². The van der Waals surface area contributed by atoms with E-state index in [4.69, 9.17) is 0 Å². The van der Waals surface area contributed by atoms with Gasteiger partial charge < -0.3 is 0 Å². The van der Waals surface area contributed by atoms with Gasteiger partial charge in [-0.2, -0.15) is 0 Å². The van der Waals surface area contributed by atoms with E-state index in [1.54, 1.807) is 0 Å². The van der Waals surface area contributed by atoms with Crippen LogP contribution < -0.4 is 0 Å². The minimum absolute atomic E-state index is 0.0979. The minimum atomic E-state index is -2.68. The molecule has 0 aromatic heterocycles.